The monoisotopic (exact) mass is 455 g/mol. The molecule has 11 nitrogen and oxygen atoms in total. The number of hydrogen-bond donors (Lipinski definition) is 4. The van der Waals surface area contributed by atoms with Crippen LogP contribution in [0.2, 0.25) is 0 Å². The molecule has 0 saturated heterocycles. The van der Waals surface area contributed by atoms with Crippen LogP contribution in [0.4, 0.5) is 11.6 Å². The first-order chi connectivity index (χ1) is 16.1. The molecule has 0 aliphatic rings. The maximum atomic E-state index is 9.90. The Bertz CT molecular complexity index is 1050. The molecule has 3 rings (SSSR count). The van der Waals surface area contributed by atoms with E-state index in [4.69, 9.17) is 19.9 Å². The minimum absolute atomic E-state index is 0.0489. The van der Waals surface area contributed by atoms with Crippen molar-refractivity contribution in [1.29, 1.82) is 0 Å². The fourth-order valence-corrected chi connectivity index (χ4v) is 2.85. The molecule has 0 atom stereocenters. The summed E-state index contributed by atoms with van der Waals surface area (Å²) in [6.45, 7) is 7.95. The van der Waals surface area contributed by atoms with Crippen LogP contribution in [0.1, 0.15) is 11.3 Å². The van der Waals surface area contributed by atoms with E-state index in [1.807, 2.05) is 24.3 Å². The summed E-state index contributed by atoms with van der Waals surface area (Å²) >= 11 is 0. The molecule has 5 N–H and O–H groups in total. The number of hydrogen-bond acceptors (Lipinski definition) is 11. The van der Waals surface area contributed by atoms with E-state index < -0.39 is 0 Å². The van der Waals surface area contributed by atoms with Crippen molar-refractivity contribution in [3.63, 3.8) is 0 Å². The Morgan fingerprint density at radius 3 is 2.52 bits per heavy atom. The van der Waals surface area contributed by atoms with Crippen LogP contribution in [0.3, 0.4) is 0 Å². The van der Waals surface area contributed by atoms with E-state index in [0.717, 1.165) is 16.9 Å². The molecule has 2 heterocycles. The maximum Gasteiger partial charge on any atom is 0.244 e. The number of aromatic nitrogens is 4. The second-order valence-electron chi connectivity index (χ2n) is 6.99. The van der Waals surface area contributed by atoms with E-state index in [1.165, 1.54) is 0 Å². The number of benzene rings is 1. The highest BCUT2D eigenvalue weighted by atomic mass is 16.5. The average molecular weight is 456 g/mol. The molecule has 0 aliphatic heterocycles. The molecule has 176 valence electrons. The highest BCUT2D eigenvalue weighted by Crippen LogP contribution is 2.19. The predicted molar refractivity (Wildman–Crippen MR) is 126 cm³/mol. The zero-order valence-electron chi connectivity index (χ0n) is 18.6. The van der Waals surface area contributed by atoms with Crippen LogP contribution in [0, 0.1) is 0 Å². The molecule has 0 fully saturated rings. The van der Waals surface area contributed by atoms with Crippen LogP contribution in [0.25, 0.3) is 16.9 Å². The standard InChI is InChI=1S/C22H29N7O4/c1-15(24-7-8-32-11-12-33-10-9-31-2)16-3-5-17(6-4-16)25-13-18-14-26-20-19(27-18)21(30)29-22(23)28-20/h3-6,14,24-25H,1,7-13H2,2H3,(H3,23,26,28,29,30). The first-order valence-corrected chi connectivity index (χ1v) is 10.5. The van der Waals surface area contributed by atoms with Crippen molar-refractivity contribution in [3.05, 3.63) is 48.3 Å². The third kappa shape index (κ3) is 7.52. The number of nitrogens with two attached hydrogens (primary N) is 1. The van der Waals surface area contributed by atoms with E-state index in [-0.39, 0.29) is 23.0 Å². The van der Waals surface area contributed by atoms with Crippen LogP contribution in [0.15, 0.2) is 37.0 Å². The molecule has 3 aromatic rings. The van der Waals surface area contributed by atoms with Gasteiger partial charge in [-0.1, -0.05) is 18.7 Å². The van der Waals surface area contributed by atoms with E-state index >= 15 is 0 Å². The zero-order chi connectivity index (χ0) is 23.5. The van der Waals surface area contributed by atoms with Crippen LogP contribution >= 0.6 is 0 Å². The summed E-state index contributed by atoms with van der Waals surface area (Å²) in [5, 5.41) is 16.4. The Labute approximate surface area is 192 Å². The number of ether oxygens (including phenoxy) is 3. The second kappa shape index (κ2) is 12.5. The van der Waals surface area contributed by atoms with Gasteiger partial charge >= 0.3 is 0 Å². The van der Waals surface area contributed by atoms with Gasteiger partial charge in [-0.2, -0.15) is 9.97 Å². The predicted octanol–water partition coefficient (Wildman–Crippen LogP) is 1.56. The zero-order valence-corrected chi connectivity index (χ0v) is 18.6. The van der Waals surface area contributed by atoms with Gasteiger partial charge in [0.1, 0.15) is 0 Å². The lowest BCUT2D eigenvalue weighted by atomic mass is 10.1. The highest BCUT2D eigenvalue weighted by Gasteiger charge is 2.09. The van der Waals surface area contributed by atoms with Crippen molar-refractivity contribution in [2.24, 2.45) is 0 Å². The number of aromatic hydroxyl groups is 1. The Kier molecular flexibility index (Phi) is 9.12. The third-order valence-corrected chi connectivity index (χ3v) is 4.55. The van der Waals surface area contributed by atoms with Crippen molar-refractivity contribution >= 4 is 28.5 Å². The SMILES string of the molecule is C=C(NCCOCCOCCOC)c1ccc(NCc2cnc3nc(N)nc(O)c3n2)cc1. The number of nitrogen functional groups attached to an aromatic ring is 1. The largest absolute Gasteiger partial charge is 0.492 e. The maximum absolute atomic E-state index is 9.90. The smallest absolute Gasteiger partial charge is 0.244 e. The highest BCUT2D eigenvalue weighted by molar-refractivity contribution is 5.76. The number of rotatable bonds is 14. The van der Waals surface area contributed by atoms with Crippen molar-refractivity contribution in [2.45, 2.75) is 6.54 Å². The Morgan fingerprint density at radius 1 is 1.03 bits per heavy atom. The molecular formula is C22H29N7O4. The van der Waals surface area contributed by atoms with Crippen molar-refractivity contribution < 1.29 is 19.3 Å². The summed E-state index contributed by atoms with van der Waals surface area (Å²) in [7, 11) is 1.64. The van der Waals surface area contributed by atoms with E-state index in [9.17, 15) is 5.11 Å². The van der Waals surface area contributed by atoms with Gasteiger partial charge in [-0.3, -0.25) is 0 Å². The third-order valence-electron chi connectivity index (χ3n) is 4.55. The molecule has 0 spiro atoms. The van der Waals surface area contributed by atoms with Crippen LogP contribution < -0.4 is 16.4 Å². The minimum Gasteiger partial charge on any atom is -0.492 e. The van der Waals surface area contributed by atoms with Crippen molar-refractivity contribution in [3.8, 4) is 5.88 Å². The van der Waals surface area contributed by atoms with E-state index in [0.29, 0.717) is 51.8 Å². The molecule has 0 amide bonds. The lowest BCUT2D eigenvalue weighted by molar-refractivity contribution is 0.0261. The topological polar surface area (TPSA) is 150 Å². The van der Waals surface area contributed by atoms with Crippen molar-refractivity contribution in [2.75, 3.05) is 57.7 Å². The number of fused-ring (bicyclic) bond motifs is 1. The summed E-state index contributed by atoms with van der Waals surface area (Å²) in [5.41, 5.74) is 9.30. The fourth-order valence-electron chi connectivity index (χ4n) is 2.85. The molecule has 0 saturated carbocycles. The van der Waals surface area contributed by atoms with Gasteiger partial charge in [-0.05, 0) is 17.7 Å². The molecule has 33 heavy (non-hydrogen) atoms. The van der Waals surface area contributed by atoms with Gasteiger partial charge in [0.2, 0.25) is 11.8 Å². The molecule has 0 bridgehead atoms. The number of anilines is 2. The number of methoxy groups -OCH3 is 1. The summed E-state index contributed by atoms with van der Waals surface area (Å²) < 4.78 is 15.8. The van der Waals surface area contributed by atoms with E-state index in [1.54, 1.807) is 13.3 Å². The average Bonchev–Trinajstić information content (AvgIpc) is 2.82. The summed E-state index contributed by atoms with van der Waals surface area (Å²) in [5.74, 6) is -0.338. The minimum atomic E-state index is -0.289. The van der Waals surface area contributed by atoms with Crippen LogP contribution in [-0.4, -0.2) is 71.7 Å². The lowest BCUT2D eigenvalue weighted by Crippen LogP contribution is -2.19. The summed E-state index contributed by atoms with van der Waals surface area (Å²) in [4.78, 5) is 16.2. The van der Waals surface area contributed by atoms with Crippen LogP contribution in [0.5, 0.6) is 5.88 Å². The quantitative estimate of drug-likeness (QED) is 0.262. The lowest BCUT2D eigenvalue weighted by Gasteiger charge is -2.12. The van der Waals surface area contributed by atoms with Crippen LogP contribution in [-0.2, 0) is 20.8 Å². The Hall–Kier alpha value is -3.54. The van der Waals surface area contributed by atoms with E-state index in [2.05, 4.69) is 37.1 Å². The first kappa shape index (κ1) is 24.1. The molecule has 0 unspecified atom stereocenters. The molecule has 11 heteroatoms. The van der Waals surface area contributed by atoms with Gasteiger partial charge in [0.15, 0.2) is 11.2 Å². The molecule has 2 aromatic heterocycles. The first-order valence-electron chi connectivity index (χ1n) is 10.5. The fraction of sp³-hybridized carbons (Fsp3) is 0.364. The Morgan fingerprint density at radius 2 is 1.76 bits per heavy atom. The van der Waals surface area contributed by atoms with Gasteiger partial charge in [0.25, 0.3) is 0 Å². The van der Waals surface area contributed by atoms with Crippen molar-refractivity contribution in [1.82, 2.24) is 25.3 Å². The molecule has 0 aliphatic carbocycles. The van der Waals surface area contributed by atoms with Gasteiger partial charge in [-0.15, -0.1) is 0 Å². The van der Waals surface area contributed by atoms with Gasteiger partial charge in [0.05, 0.1) is 51.5 Å². The number of nitrogens with zero attached hydrogens (tertiary/aromatic N) is 4. The summed E-state index contributed by atoms with van der Waals surface area (Å²) in [6.07, 6.45) is 1.58. The molecule has 0 radical (unpaired) electrons. The molecule has 1 aromatic carbocycles. The van der Waals surface area contributed by atoms with Gasteiger partial charge in [-0.25, -0.2) is 9.97 Å². The normalized spacial score (nSPS) is 10.9. The van der Waals surface area contributed by atoms with Gasteiger partial charge < -0.3 is 35.7 Å². The van der Waals surface area contributed by atoms with Gasteiger partial charge in [0, 0.05) is 25.0 Å². The summed E-state index contributed by atoms with van der Waals surface area (Å²) in [6, 6.07) is 7.84. The second-order valence-corrected chi connectivity index (χ2v) is 6.99. The Balaban J connectivity index is 1.40. The molecular weight excluding hydrogens is 426 g/mol. The number of nitrogens with one attached hydrogen (secondary N) is 2.